The molecule has 0 saturated heterocycles. The molecular weight excluding hydrogens is 290 g/mol. The van der Waals surface area contributed by atoms with Crippen LogP contribution in [0.2, 0.25) is 0 Å². The highest BCUT2D eigenvalue weighted by Crippen LogP contribution is 2.18. The average Bonchev–Trinajstić information content (AvgIpc) is 2.92. The third kappa shape index (κ3) is 5.21. The second kappa shape index (κ2) is 9.16. The summed E-state index contributed by atoms with van der Waals surface area (Å²) in [6, 6.07) is 1.73. The minimum absolute atomic E-state index is 0.0642. The normalized spacial score (nSPS) is 9.67. The van der Waals surface area contributed by atoms with Gasteiger partial charge in [-0.2, -0.15) is 0 Å². The van der Waals surface area contributed by atoms with Gasteiger partial charge in [0.1, 0.15) is 18.0 Å². The summed E-state index contributed by atoms with van der Waals surface area (Å²) < 4.78 is 4.89. The molecular formula is C15H19NO4S. The van der Waals surface area contributed by atoms with Gasteiger partial charge in [0.15, 0.2) is 0 Å². The maximum atomic E-state index is 12.5. The number of ether oxygens (including phenoxy) is 1. The topological polar surface area (TPSA) is 66.8 Å². The van der Waals surface area contributed by atoms with E-state index in [0.29, 0.717) is 23.6 Å². The fraction of sp³-hybridized carbons (Fsp3) is 0.467. The van der Waals surface area contributed by atoms with Gasteiger partial charge in [-0.25, -0.2) is 0 Å². The molecule has 0 saturated carbocycles. The van der Waals surface area contributed by atoms with Crippen molar-refractivity contribution in [2.45, 2.75) is 20.3 Å². The van der Waals surface area contributed by atoms with Crippen LogP contribution in [-0.4, -0.2) is 48.2 Å². The van der Waals surface area contributed by atoms with Crippen LogP contribution in [0.5, 0.6) is 0 Å². The smallest absolute Gasteiger partial charge is 0.325 e. The summed E-state index contributed by atoms with van der Waals surface area (Å²) in [5, 5.41) is 10.5. The fourth-order valence-electron chi connectivity index (χ4n) is 1.74. The van der Waals surface area contributed by atoms with E-state index in [1.165, 1.54) is 16.2 Å². The molecule has 5 nitrogen and oxygen atoms in total. The third-order valence-electron chi connectivity index (χ3n) is 2.57. The summed E-state index contributed by atoms with van der Waals surface area (Å²) in [4.78, 5) is 26.0. The van der Waals surface area contributed by atoms with Crippen LogP contribution in [-0.2, 0) is 9.53 Å². The van der Waals surface area contributed by atoms with E-state index in [2.05, 4.69) is 11.8 Å². The summed E-state index contributed by atoms with van der Waals surface area (Å²) in [5.41, 5.74) is 0.573. The van der Waals surface area contributed by atoms with Crippen molar-refractivity contribution in [3.8, 4) is 11.8 Å². The molecule has 0 aliphatic carbocycles. The number of rotatable bonds is 6. The van der Waals surface area contributed by atoms with Crippen molar-refractivity contribution in [3.63, 3.8) is 0 Å². The number of aliphatic hydroxyl groups excluding tert-OH is 1. The highest BCUT2D eigenvalue weighted by molar-refractivity contribution is 7.12. The van der Waals surface area contributed by atoms with E-state index in [4.69, 9.17) is 9.84 Å². The molecule has 0 bridgehead atoms. The van der Waals surface area contributed by atoms with Gasteiger partial charge in [0.2, 0.25) is 0 Å². The molecule has 114 valence electrons. The van der Waals surface area contributed by atoms with E-state index in [1.807, 2.05) is 6.92 Å². The van der Waals surface area contributed by atoms with Gasteiger partial charge in [0, 0.05) is 12.1 Å². The molecule has 1 aromatic rings. The van der Waals surface area contributed by atoms with Gasteiger partial charge in [-0.05, 0) is 24.8 Å². The molecule has 1 amide bonds. The number of carbonyl (C=O) groups is 2. The zero-order valence-corrected chi connectivity index (χ0v) is 13.0. The van der Waals surface area contributed by atoms with E-state index in [0.717, 1.165) is 6.42 Å². The van der Waals surface area contributed by atoms with Crippen LogP contribution in [0.1, 0.15) is 35.5 Å². The van der Waals surface area contributed by atoms with E-state index in [1.54, 1.807) is 18.4 Å². The summed E-state index contributed by atoms with van der Waals surface area (Å²) in [7, 11) is 0. The van der Waals surface area contributed by atoms with Crippen LogP contribution in [0, 0.1) is 11.8 Å². The standard InChI is InChI=1S/C15H19NO4S/c1-3-8-16(11-13(18)20-4-2)15(19)14-12(6-5-9-17)7-10-21-14/h7,10,17H,3-4,8-9,11H2,1-2H3. The van der Waals surface area contributed by atoms with Crippen molar-refractivity contribution in [1.82, 2.24) is 4.90 Å². The van der Waals surface area contributed by atoms with Crippen molar-refractivity contribution in [2.24, 2.45) is 0 Å². The molecule has 1 rings (SSSR count). The predicted octanol–water partition coefficient (Wildman–Crippen LogP) is 1.51. The van der Waals surface area contributed by atoms with E-state index >= 15 is 0 Å². The van der Waals surface area contributed by atoms with Gasteiger partial charge in [-0.1, -0.05) is 18.8 Å². The highest BCUT2D eigenvalue weighted by atomic mass is 32.1. The monoisotopic (exact) mass is 309 g/mol. The number of nitrogens with zero attached hydrogens (tertiary/aromatic N) is 1. The first kappa shape index (κ1) is 17.2. The molecule has 0 unspecified atom stereocenters. The number of thiophene rings is 1. The average molecular weight is 309 g/mol. The SMILES string of the molecule is CCCN(CC(=O)OCC)C(=O)c1sccc1C#CCO. The summed E-state index contributed by atoms with van der Waals surface area (Å²) >= 11 is 1.28. The maximum absolute atomic E-state index is 12.5. The van der Waals surface area contributed by atoms with Gasteiger partial charge >= 0.3 is 5.97 Å². The molecule has 1 N–H and O–H groups in total. The molecule has 1 heterocycles. The lowest BCUT2D eigenvalue weighted by atomic mass is 10.2. The van der Waals surface area contributed by atoms with E-state index in [9.17, 15) is 9.59 Å². The summed E-state index contributed by atoms with van der Waals surface area (Å²) in [6.45, 7) is 4.11. The number of esters is 1. The van der Waals surface area contributed by atoms with Crippen LogP contribution in [0.3, 0.4) is 0 Å². The van der Waals surface area contributed by atoms with E-state index < -0.39 is 5.97 Å². The van der Waals surface area contributed by atoms with Crippen molar-refractivity contribution in [2.75, 3.05) is 26.3 Å². The van der Waals surface area contributed by atoms with Crippen LogP contribution in [0.15, 0.2) is 11.4 Å². The first-order valence-electron chi connectivity index (χ1n) is 6.76. The molecule has 0 radical (unpaired) electrons. The number of aliphatic hydroxyl groups is 1. The Morgan fingerprint density at radius 3 is 2.81 bits per heavy atom. The lowest BCUT2D eigenvalue weighted by molar-refractivity contribution is -0.143. The Kier molecular flexibility index (Phi) is 7.51. The Hall–Kier alpha value is -1.84. The van der Waals surface area contributed by atoms with Gasteiger partial charge in [-0.3, -0.25) is 9.59 Å². The first-order valence-corrected chi connectivity index (χ1v) is 7.64. The largest absolute Gasteiger partial charge is 0.465 e. The van der Waals surface area contributed by atoms with Gasteiger partial charge in [0.25, 0.3) is 5.91 Å². The lowest BCUT2D eigenvalue weighted by Gasteiger charge is -2.20. The van der Waals surface area contributed by atoms with Crippen molar-refractivity contribution < 1.29 is 19.4 Å². The molecule has 0 fully saturated rings. The highest BCUT2D eigenvalue weighted by Gasteiger charge is 2.21. The van der Waals surface area contributed by atoms with Gasteiger partial charge in [-0.15, -0.1) is 11.3 Å². The van der Waals surface area contributed by atoms with Crippen molar-refractivity contribution >= 4 is 23.2 Å². The number of amides is 1. The molecule has 0 aliphatic heterocycles. The van der Waals surface area contributed by atoms with Gasteiger partial charge in [0.05, 0.1) is 6.61 Å². The van der Waals surface area contributed by atoms with E-state index in [-0.39, 0.29) is 19.1 Å². The second-order valence-electron chi connectivity index (χ2n) is 4.16. The number of hydrogen-bond donors (Lipinski definition) is 1. The van der Waals surface area contributed by atoms with Gasteiger partial charge < -0.3 is 14.7 Å². The first-order chi connectivity index (χ1) is 10.1. The fourth-order valence-corrected chi connectivity index (χ4v) is 2.55. The Labute approximate surface area is 128 Å². The number of hydrogen-bond acceptors (Lipinski definition) is 5. The molecule has 1 aromatic heterocycles. The Balaban J connectivity index is 2.90. The molecule has 21 heavy (non-hydrogen) atoms. The molecule has 0 spiro atoms. The maximum Gasteiger partial charge on any atom is 0.325 e. The quantitative estimate of drug-likeness (QED) is 0.639. The lowest BCUT2D eigenvalue weighted by Crippen LogP contribution is -2.37. The van der Waals surface area contributed by atoms with Crippen LogP contribution < -0.4 is 0 Å². The zero-order chi connectivity index (χ0) is 15.7. The summed E-state index contributed by atoms with van der Waals surface area (Å²) in [6.07, 6.45) is 0.744. The van der Waals surface area contributed by atoms with Crippen molar-refractivity contribution in [3.05, 3.63) is 21.9 Å². The summed E-state index contributed by atoms with van der Waals surface area (Å²) in [5.74, 6) is 4.62. The van der Waals surface area contributed by atoms with Crippen LogP contribution in [0.25, 0.3) is 0 Å². The second-order valence-corrected chi connectivity index (χ2v) is 5.07. The van der Waals surface area contributed by atoms with Crippen LogP contribution >= 0.6 is 11.3 Å². The zero-order valence-electron chi connectivity index (χ0n) is 12.2. The molecule has 0 aromatic carbocycles. The third-order valence-corrected chi connectivity index (χ3v) is 3.47. The van der Waals surface area contributed by atoms with Crippen molar-refractivity contribution in [1.29, 1.82) is 0 Å². The Morgan fingerprint density at radius 2 is 2.19 bits per heavy atom. The Bertz CT molecular complexity index is 541. The molecule has 0 aliphatic rings. The minimum Gasteiger partial charge on any atom is -0.465 e. The predicted molar refractivity (Wildman–Crippen MR) is 81.1 cm³/mol. The Morgan fingerprint density at radius 1 is 1.43 bits per heavy atom. The van der Waals surface area contributed by atoms with Crippen LogP contribution in [0.4, 0.5) is 0 Å². The minimum atomic E-state index is -0.418. The molecule has 0 atom stereocenters. The number of carbonyl (C=O) groups excluding carboxylic acids is 2. The molecule has 6 heteroatoms.